The van der Waals surface area contributed by atoms with Crippen molar-refractivity contribution in [1.82, 2.24) is 0 Å². The quantitative estimate of drug-likeness (QED) is 0.379. The number of unbranched alkanes of at least 4 members (excludes halogenated alkanes) is 1. The molecule has 0 aliphatic heterocycles. The van der Waals surface area contributed by atoms with Gasteiger partial charge < -0.3 is 4.74 Å². The first kappa shape index (κ1) is 13.1. The molecular formula is C9H16Cl2O2. The van der Waals surface area contributed by atoms with Crippen molar-refractivity contribution in [2.75, 3.05) is 12.5 Å². The Hall–Kier alpha value is 0.0500. The molecule has 2 nitrogen and oxygen atoms in total. The van der Waals surface area contributed by atoms with Gasteiger partial charge in [0.1, 0.15) is 5.88 Å². The van der Waals surface area contributed by atoms with Gasteiger partial charge in [-0.3, -0.25) is 4.79 Å². The van der Waals surface area contributed by atoms with E-state index in [1.807, 2.05) is 0 Å². The first-order valence-electron chi connectivity index (χ1n) is 4.56. The van der Waals surface area contributed by atoms with Crippen molar-refractivity contribution < 1.29 is 9.53 Å². The lowest BCUT2D eigenvalue weighted by Crippen LogP contribution is -2.07. The van der Waals surface area contributed by atoms with E-state index >= 15 is 0 Å². The Balaban J connectivity index is 3.12. The van der Waals surface area contributed by atoms with Gasteiger partial charge in [0.15, 0.2) is 0 Å². The number of hydrogen-bond acceptors (Lipinski definition) is 2. The average Bonchev–Trinajstić information content (AvgIpc) is 2.16. The van der Waals surface area contributed by atoms with Gasteiger partial charge in [0.2, 0.25) is 0 Å². The molecule has 0 aliphatic carbocycles. The predicted molar refractivity (Wildman–Crippen MR) is 55.5 cm³/mol. The third kappa shape index (κ3) is 8.38. The molecule has 0 aromatic heterocycles. The topological polar surface area (TPSA) is 26.3 Å². The number of carbonyl (C=O) groups excluding carboxylic acids is 1. The van der Waals surface area contributed by atoms with E-state index < -0.39 is 0 Å². The fourth-order valence-electron chi connectivity index (χ4n) is 0.897. The molecule has 0 saturated carbocycles. The van der Waals surface area contributed by atoms with Crippen molar-refractivity contribution in [2.24, 2.45) is 0 Å². The Bertz CT molecular complexity index is 140. The van der Waals surface area contributed by atoms with Crippen LogP contribution in [0, 0.1) is 0 Å². The zero-order valence-electron chi connectivity index (χ0n) is 7.89. The van der Waals surface area contributed by atoms with Crippen molar-refractivity contribution in [2.45, 2.75) is 38.0 Å². The first-order chi connectivity index (χ1) is 6.20. The molecule has 0 heterocycles. The maximum atomic E-state index is 10.6. The van der Waals surface area contributed by atoms with E-state index in [2.05, 4.69) is 6.92 Å². The summed E-state index contributed by atoms with van der Waals surface area (Å²) in [6.07, 6.45) is 3.84. The second-order valence-corrected chi connectivity index (χ2v) is 3.74. The van der Waals surface area contributed by atoms with Gasteiger partial charge in [-0.2, -0.15) is 0 Å². The molecular weight excluding hydrogens is 211 g/mol. The van der Waals surface area contributed by atoms with Crippen LogP contribution in [0.15, 0.2) is 0 Å². The number of ether oxygens (including phenoxy) is 1. The van der Waals surface area contributed by atoms with Crippen LogP contribution in [0.1, 0.15) is 32.6 Å². The number of halogens is 2. The lowest BCUT2D eigenvalue weighted by Gasteiger charge is -2.05. The van der Waals surface area contributed by atoms with E-state index in [1.165, 1.54) is 0 Å². The molecule has 0 amide bonds. The third-order valence-corrected chi connectivity index (χ3v) is 2.47. The number of carbonyl (C=O) groups is 1. The van der Waals surface area contributed by atoms with Crippen LogP contribution in [0.2, 0.25) is 0 Å². The summed E-state index contributed by atoms with van der Waals surface area (Å²) >= 11 is 11.1. The minimum absolute atomic E-state index is 0.0624. The Morgan fingerprint density at radius 2 is 2.15 bits per heavy atom. The zero-order valence-corrected chi connectivity index (χ0v) is 9.40. The van der Waals surface area contributed by atoms with Crippen LogP contribution < -0.4 is 0 Å². The SMILES string of the molecule is CCC(Cl)CCCCOC(=O)CCl. The number of esters is 1. The Morgan fingerprint density at radius 3 is 2.69 bits per heavy atom. The van der Waals surface area contributed by atoms with Crippen molar-refractivity contribution in [1.29, 1.82) is 0 Å². The maximum Gasteiger partial charge on any atom is 0.320 e. The van der Waals surface area contributed by atoms with Gasteiger partial charge in [-0.05, 0) is 25.7 Å². The van der Waals surface area contributed by atoms with Crippen LogP contribution in [0.3, 0.4) is 0 Å². The summed E-state index contributed by atoms with van der Waals surface area (Å²) in [5, 5.41) is 0.253. The van der Waals surface area contributed by atoms with Crippen molar-refractivity contribution in [3.8, 4) is 0 Å². The molecule has 78 valence electrons. The normalized spacial score (nSPS) is 12.5. The summed E-state index contributed by atoms with van der Waals surface area (Å²) in [6.45, 7) is 2.52. The minimum atomic E-state index is -0.348. The van der Waals surface area contributed by atoms with Crippen LogP contribution in [-0.2, 0) is 9.53 Å². The average molecular weight is 227 g/mol. The van der Waals surface area contributed by atoms with Gasteiger partial charge in [0.25, 0.3) is 0 Å². The summed E-state index contributed by atoms with van der Waals surface area (Å²) in [5.41, 5.74) is 0. The summed E-state index contributed by atoms with van der Waals surface area (Å²) in [5.74, 6) is -0.410. The lowest BCUT2D eigenvalue weighted by molar-refractivity contribution is -0.140. The van der Waals surface area contributed by atoms with E-state index in [9.17, 15) is 4.79 Å². The largest absolute Gasteiger partial charge is 0.465 e. The van der Waals surface area contributed by atoms with Crippen LogP contribution in [0.5, 0.6) is 0 Å². The molecule has 0 fully saturated rings. The molecule has 0 N–H and O–H groups in total. The monoisotopic (exact) mass is 226 g/mol. The minimum Gasteiger partial charge on any atom is -0.465 e. The van der Waals surface area contributed by atoms with Crippen molar-refractivity contribution in [3.05, 3.63) is 0 Å². The highest BCUT2D eigenvalue weighted by Gasteiger charge is 2.02. The van der Waals surface area contributed by atoms with E-state index in [4.69, 9.17) is 27.9 Å². The molecule has 1 unspecified atom stereocenters. The Labute approximate surface area is 89.5 Å². The van der Waals surface area contributed by atoms with E-state index in [1.54, 1.807) is 0 Å². The van der Waals surface area contributed by atoms with Crippen LogP contribution in [0.25, 0.3) is 0 Å². The maximum absolute atomic E-state index is 10.6. The van der Waals surface area contributed by atoms with Gasteiger partial charge in [-0.15, -0.1) is 23.2 Å². The zero-order chi connectivity index (χ0) is 10.1. The van der Waals surface area contributed by atoms with Gasteiger partial charge >= 0.3 is 5.97 Å². The van der Waals surface area contributed by atoms with Crippen LogP contribution in [0.4, 0.5) is 0 Å². The molecule has 0 saturated heterocycles. The molecule has 0 bridgehead atoms. The fraction of sp³-hybridized carbons (Fsp3) is 0.889. The molecule has 0 spiro atoms. The lowest BCUT2D eigenvalue weighted by atomic mass is 10.1. The number of rotatable bonds is 7. The predicted octanol–water partition coefficient (Wildman–Crippen LogP) is 2.96. The molecule has 13 heavy (non-hydrogen) atoms. The standard InChI is InChI=1S/C9H16Cl2O2/c1-2-8(11)5-3-4-6-13-9(12)7-10/h8H,2-7H2,1H3. The van der Waals surface area contributed by atoms with E-state index in [-0.39, 0.29) is 17.2 Å². The van der Waals surface area contributed by atoms with E-state index in [0.29, 0.717) is 6.61 Å². The summed E-state index contributed by atoms with van der Waals surface area (Å²) in [4.78, 5) is 10.6. The van der Waals surface area contributed by atoms with Crippen LogP contribution >= 0.6 is 23.2 Å². The molecule has 0 aliphatic rings. The summed E-state index contributed by atoms with van der Waals surface area (Å²) in [7, 11) is 0. The van der Waals surface area contributed by atoms with Gasteiger partial charge in [0.05, 0.1) is 6.61 Å². The van der Waals surface area contributed by atoms with E-state index in [0.717, 1.165) is 25.7 Å². The van der Waals surface area contributed by atoms with Crippen molar-refractivity contribution in [3.63, 3.8) is 0 Å². The van der Waals surface area contributed by atoms with Crippen LogP contribution in [-0.4, -0.2) is 23.8 Å². The third-order valence-electron chi connectivity index (χ3n) is 1.73. The van der Waals surface area contributed by atoms with Crippen molar-refractivity contribution >= 4 is 29.2 Å². The fourth-order valence-corrected chi connectivity index (χ4v) is 1.13. The smallest absolute Gasteiger partial charge is 0.320 e. The molecule has 4 heteroatoms. The first-order valence-corrected chi connectivity index (χ1v) is 5.53. The molecule has 0 aromatic rings. The highest BCUT2D eigenvalue weighted by molar-refractivity contribution is 6.26. The second-order valence-electron chi connectivity index (χ2n) is 2.86. The second kappa shape index (κ2) is 8.64. The molecule has 0 aromatic carbocycles. The van der Waals surface area contributed by atoms with Gasteiger partial charge in [0, 0.05) is 5.38 Å². The Morgan fingerprint density at radius 1 is 1.46 bits per heavy atom. The highest BCUT2D eigenvalue weighted by atomic mass is 35.5. The summed E-state index contributed by atoms with van der Waals surface area (Å²) < 4.78 is 4.79. The highest BCUT2D eigenvalue weighted by Crippen LogP contribution is 2.10. The Kier molecular flexibility index (Phi) is 8.67. The molecule has 0 rings (SSSR count). The summed E-state index contributed by atoms with van der Waals surface area (Å²) in [6, 6.07) is 0. The number of hydrogen-bond donors (Lipinski definition) is 0. The van der Waals surface area contributed by atoms with Gasteiger partial charge in [-0.1, -0.05) is 6.92 Å². The number of alkyl halides is 2. The van der Waals surface area contributed by atoms with Gasteiger partial charge in [-0.25, -0.2) is 0 Å². The molecule has 0 radical (unpaired) electrons. The molecule has 1 atom stereocenters.